The van der Waals surface area contributed by atoms with Crippen LogP contribution in [0.25, 0.3) is 0 Å². The van der Waals surface area contributed by atoms with Crippen molar-refractivity contribution in [2.45, 2.75) is 20.3 Å². The Morgan fingerprint density at radius 3 is 2.36 bits per heavy atom. The van der Waals surface area contributed by atoms with E-state index in [4.69, 9.17) is 5.26 Å². The molecule has 72 valence electrons. The Kier molecular flexibility index (Phi) is 3.41. The number of benzene rings is 1. The van der Waals surface area contributed by atoms with Crippen molar-refractivity contribution >= 4 is 5.78 Å². The summed E-state index contributed by atoms with van der Waals surface area (Å²) in [7, 11) is 0. The maximum absolute atomic E-state index is 11.0. The summed E-state index contributed by atoms with van der Waals surface area (Å²) in [5.74, 6) is 0.133. The molecule has 0 fully saturated rings. The van der Waals surface area contributed by atoms with Crippen molar-refractivity contribution in [3.05, 3.63) is 35.4 Å². The third kappa shape index (κ3) is 2.70. The molecular formula is C12H13NO. The van der Waals surface area contributed by atoms with Gasteiger partial charge in [0, 0.05) is 5.56 Å². The van der Waals surface area contributed by atoms with Crippen LogP contribution in [0.5, 0.6) is 0 Å². The van der Waals surface area contributed by atoms with Gasteiger partial charge in [-0.2, -0.15) is 5.26 Å². The molecule has 0 radical (unpaired) electrons. The number of nitriles is 1. The van der Waals surface area contributed by atoms with Gasteiger partial charge in [0.1, 0.15) is 6.07 Å². The van der Waals surface area contributed by atoms with Crippen LogP contribution in [-0.4, -0.2) is 5.78 Å². The Bertz CT molecular complexity index is 357. The van der Waals surface area contributed by atoms with E-state index in [0.29, 0.717) is 11.5 Å². The van der Waals surface area contributed by atoms with E-state index in [9.17, 15) is 4.79 Å². The fourth-order valence-corrected chi connectivity index (χ4v) is 1.33. The summed E-state index contributed by atoms with van der Waals surface area (Å²) in [6.45, 7) is 4.29. The highest BCUT2D eigenvalue weighted by molar-refractivity contribution is 6.07. The van der Waals surface area contributed by atoms with E-state index in [-0.39, 0.29) is 0 Å². The van der Waals surface area contributed by atoms with Crippen molar-refractivity contribution in [2.24, 2.45) is 5.92 Å². The number of rotatable bonds is 3. The quantitative estimate of drug-likeness (QED) is 0.539. The van der Waals surface area contributed by atoms with Gasteiger partial charge in [0.15, 0.2) is 0 Å². The normalized spacial score (nSPS) is 9.86. The average Bonchev–Trinajstić information content (AvgIpc) is 2.17. The Morgan fingerprint density at radius 2 is 1.93 bits per heavy atom. The monoisotopic (exact) mass is 187 g/mol. The topological polar surface area (TPSA) is 40.9 Å². The summed E-state index contributed by atoms with van der Waals surface area (Å²) >= 11 is 0. The molecule has 14 heavy (non-hydrogen) atoms. The van der Waals surface area contributed by atoms with Gasteiger partial charge in [0.2, 0.25) is 0 Å². The standard InChI is InChI=1S/C12H13NO/c1-9(2)7-10-3-5-11(6-4-10)12(14)8-13/h3-6,9H,7H2,1-2H3. The highest BCUT2D eigenvalue weighted by Crippen LogP contribution is 2.09. The molecule has 0 aliphatic carbocycles. The van der Waals surface area contributed by atoms with Gasteiger partial charge < -0.3 is 0 Å². The molecule has 2 heteroatoms. The molecule has 0 aliphatic rings. The van der Waals surface area contributed by atoms with Gasteiger partial charge in [-0.1, -0.05) is 38.1 Å². The first-order valence-electron chi connectivity index (χ1n) is 4.67. The molecule has 0 heterocycles. The minimum Gasteiger partial charge on any atom is -0.277 e. The molecule has 0 unspecified atom stereocenters. The van der Waals surface area contributed by atoms with Crippen LogP contribution < -0.4 is 0 Å². The molecule has 0 amide bonds. The number of hydrogen-bond donors (Lipinski definition) is 0. The fraction of sp³-hybridized carbons (Fsp3) is 0.333. The lowest BCUT2D eigenvalue weighted by molar-refractivity contribution is 0.105. The molecule has 0 aliphatic heterocycles. The van der Waals surface area contributed by atoms with Crippen molar-refractivity contribution in [1.82, 2.24) is 0 Å². The number of Topliss-reactive ketones (excluding diaryl/α,β-unsaturated/α-hetero) is 1. The largest absolute Gasteiger partial charge is 0.277 e. The summed E-state index contributed by atoms with van der Waals surface area (Å²) < 4.78 is 0. The summed E-state index contributed by atoms with van der Waals surface area (Å²) in [6.07, 6.45) is 1.00. The van der Waals surface area contributed by atoms with Crippen LogP contribution in [0, 0.1) is 17.2 Å². The predicted octanol–water partition coefficient (Wildman–Crippen LogP) is 2.59. The lowest BCUT2D eigenvalue weighted by Crippen LogP contribution is -1.97. The number of carbonyl (C=O) groups is 1. The van der Waals surface area contributed by atoms with Gasteiger partial charge in [0.05, 0.1) is 0 Å². The van der Waals surface area contributed by atoms with Crippen molar-refractivity contribution in [3.8, 4) is 6.07 Å². The smallest absolute Gasteiger partial charge is 0.262 e. The molecule has 0 saturated carbocycles. The molecule has 1 rings (SSSR count). The van der Waals surface area contributed by atoms with Crippen LogP contribution in [0.1, 0.15) is 29.8 Å². The third-order valence-electron chi connectivity index (χ3n) is 1.96. The van der Waals surface area contributed by atoms with E-state index in [2.05, 4.69) is 13.8 Å². The summed E-state index contributed by atoms with van der Waals surface area (Å²) in [5.41, 5.74) is 1.68. The minimum atomic E-state index is -0.471. The second-order valence-corrected chi connectivity index (χ2v) is 3.74. The minimum absolute atomic E-state index is 0.471. The van der Waals surface area contributed by atoms with E-state index >= 15 is 0 Å². The van der Waals surface area contributed by atoms with Crippen molar-refractivity contribution in [1.29, 1.82) is 5.26 Å². The highest BCUT2D eigenvalue weighted by atomic mass is 16.1. The highest BCUT2D eigenvalue weighted by Gasteiger charge is 2.03. The van der Waals surface area contributed by atoms with Crippen LogP contribution in [0.15, 0.2) is 24.3 Å². The van der Waals surface area contributed by atoms with Crippen molar-refractivity contribution < 1.29 is 4.79 Å². The predicted molar refractivity (Wildman–Crippen MR) is 54.9 cm³/mol. The van der Waals surface area contributed by atoms with E-state index in [0.717, 1.165) is 6.42 Å². The van der Waals surface area contributed by atoms with Crippen LogP contribution in [-0.2, 0) is 6.42 Å². The molecule has 1 aromatic carbocycles. The number of ketones is 1. The second kappa shape index (κ2) is 4.57. The number of carbonyl (C=O) groups excluding carboxylic acids is 1. The van der Waals surface area contributed by atoms with Crippen LogP contribution in [0.2, 0.25) is 0 Å². The van der Waals surface area contributed by atoms with Gasteiger partial charge in [-0.3, -0.25) is 4.79 Å². The lowest BCUT2D eigenvalue weighted by atomic mass is 10.0. The summed E-state index contributed by atoms with van der Waals surface area (Å²) in [4.78, 5) is 11.0. The molecular weight excluding hydrogens is 174 g/mol. The van der Waals surface area contributed by atoms with Crippen molar-refractivity contribution in [2.75, 3.05) is 0 Å². The molecule has 0 bridgehead atoms. The van der Waals surface area contributed by atoms with Gasteiger partial charge >= 0.3 is 0 Å². The Morgan fingerprint density at radius 1 is 1.36 bits per heavy atom. The molecule has 0 N–H and O–H groups in total. The molecule has 0 spiro atoms. The Balaban J connectivity index is 2.80. The number of nitrogens with zero attached hydrogens (tertiary/aromatic N) is 1. The molecule has 0 aromatic heterocycles. The van der Waals surface area contributed by atoms with Gasteiger partial charge in [-0.15, -0.1) is 0 Å². The molecule has 2 nitrogen and oxygen atoms in total. The van der Waals surface area contributed by atoms with Crippen molar-refractivity contribution in [3.63, 3.8) is 0 Å². The molecule has 1 aromatic rings. The third-order valence-corrected chi connectivity index (χ3v) is 1.96. The zero-order valence-corrected chi connectivity index (χ0v) is 8.45. The second-order valence-electron chi connectivity index (χ2n) is 3.74. The molecule has 0 atom stereocenters. The fourth-order valence-electron chi connectivity index (χ4n) is 1.33. The van der Waals surface area contributed by atoms with Crippen LogP contribution in [0.3, 0.4) is 0 Å². The first-order valence-corrected chi connectivity index (χ1v) is 4.67. The van der Waals surface area contributed by atoms with Crippen LogP contribution >= 0.6 is 0 Å². The van der Waals surface area contributed by atoms with E-state index < -0.39 is 5.78 Å². The Labute approximate surface area is 84.2 Å². The average molecular weight is 187 g/mol. The van der Waals surface area contributed by atoms with Gasteiger partial charge in [0.25, 0.3) is 5.78 Å². The number of hydrogen-bond acceptors (Lipinski definition) is 2. The van der Waals surface area contributed by atoms with Crippen LogP contribution in [0.4, 0.5) is 0 Å². The van der Waals surface area contributed by atoms with E-state index in [1.807, 2.05) is 12.1 Å². The van der Waals surface area contributed by atoms with Gasteiger partial charge in [-0.25, -0.2) is 0 Å². The van der Waals surface area contributed by atoms with E-state index in [1.165, 1.54) is 5.56 Å². The van der Waals surface area contributed by atoms with E-state index in [1.54, 1.807) is 18.2 Å². The first kappa shape index (κ1) is 10.5. The molecule has 0 saturated heterocycles. The Hall–Kier alpha value is -1.62. The first-order chi connectivity index (χ1) is 6.63. The van der Waals surface area contributed by atoms with Gasteiger partial charge in [-0.05, 0) is 17.9 Å². The SMILES string of the molecule is CC(C)Cc1ccc(C(=O)C#N)cc1. The maximum atomic E-state index is 11.0. The maximum Gasteiger partial charge on any atom is 0.262 e. The summed E-state index contributed by atoms with van der Waals surface area (Å²) in [6, 6.07) is 8.84. The zero-order valence-electron chi connectivity index (χ0n) is 8.45. The lowest BCUT2D eigenvalue weighted by Gasteiger charge is -2.04. The summed E-state index contributed by atoms with van der Waals surface area (Å²) in [5, 5.41) is 8.40. The zero-order chi connectivity index (χ0) is 10.6.